The molecule has 0 aliphatic carbocycles. The predicted octanol–water partition coefficient (Wildman–Crippen LogP) is -4.62. The predicted molar refractivity (Wildman–Crippen MR) is 8.66 cm³/mol. The van der Waals surface area contributed by atoms with Gasteiger partial charge in [-0.3, -0.25) is 0 Å². The Bertz CT molecular complexity index is 31.8. The Labute approximate surface area is 56.6 Å². The van der Waals surface area contributed by atoms with Crippen molar-refractivity contribution in [3.05, 3.63) is 0 Å². The molecule has 0 aromatic heterocycles. The summed E-state index contributed by atoms with van der Waals surface area (Å²) in [5.41, 5.74) is 0. The van der Waals surface area contributed by atoms with Gasteiger partial charge in [0.15, 0.2) is 0 Å². The summed E-state index contributed by atoms with van der Waals surface area (Å²) in [6.45, 7) is 0. The first-order valence-electron chi connectivity index (χ1n) is 0.815. The molecular formula is HBiClO5. The third-order valence-corrected chi connectivity index (χ3v) is 0. The molecule has 0 aromatic carbocycles. The van der Waals surface area contributed by atoms with Gasteiger partial charge >= 0.3 is 27.5 Å². The average Bonchev–Trinajstić information content (AvgIpc) is 1.36. The van der Waals surface area contributed by atoms with Crippen molar-refractivity contribution in [2.75, 3.05) is 0 Å². The molecule has 0 amide bonds. The zero-order valence-corrected chi connectivity index (χ0v) is 7.14. The molecule has 0 atom stereocenters. The second-order valence-electron chi connectivity index (χ2n) is 0.396. The maximum absolute atomic E-state index is 8.60. The fourth-order valence-electron chi connectivity index (χ4n) is 0. The van der Waals surface area contributed by atoms with Crippen LogP contribution in [-0.4, -0.2) is 29.4 Å². The van der Waals surface area contributed by atoms with E-state index in [-0.39, 0.29) is 24.7 Å². The van der Waals surface area contributed by atoms with Crippen molar-refractivity contribution in [1.82, 2.24) is 0 Å². The molecule has 0 aromatic rings. The van der Waals surface area contributed by atoms with Crippen molar-refractivity contribution in [2.45, 2.75) is 0 Å². The first-order chi connectivity index (χ1) is 3.00. The van der Waals surface area contributed by atoms with Crippen LogP contribution >= 0.6 is 0 Å². The minimum absolute atomic E-state index is 0.194. The number of hydrogen-bond acceptors (Lipinski definition) is 5. The first kappa shape index (κ1) is 10.7. The van der Waals surface area contributed by atoms with E-state index in [9.17, 15) is 0 Å². The maximum atomic E-state index is 8.60. The Morgan fingerprint density at radius 1 is 1.29 bits per heavy atom. The molecule has 0 heterocycles. The van der Waals surface area contributed by atoms with Crippen LogP contribution in [0, 0.1) is 10.2 Å². The quantitative estimate of drug-likeness (QED) is 0.451. The molecule has 7 heteroatoms. The van der Waals surface area contributed by atoms with Crippen LogP contribution in [0.4, 0.5) is 0 Å². The minimum atomic E-state index is -4.69. The normalized spacial score (nSPS) is 9.14. The summed E-state index contributed by atoms with van der Waals surface area (Å²) < 4.78 is 41.1. The van der Waals surface area contributed by atoms with Gasteiger partial charge in [-0.1, -0.05) is 0 Å². The molecule has 7 heavy (non-hydrogen) atoms. The van der Waals surface area contributed by atoms with Gasteiger partial charge in [0, 0.05) is 0 Å². The van der Waals surface area contributed by atoms with Gasteiger partial charge in [0.2, 0.25) is 0 Å². The Morgan fingerprint density at radius 3 is 1.29 bits per heavy atom. The summed E-state index contributed by atoms with van der Waals surface area (Å²) in [5.74, 6) is 0. The van der Waals surface area contributed by atoms with Crippen molar-refractivity contribution < 1.29 is 31.7 Å². The van der Waals surface area contributed by atoms with Crippen molar-refractivity contribution in [3.8, 4) is 0 Å². The van der Waals surface area contributed by atoms with Crippen molar-refractivity contribution in [3.63, 3.8) is 0 Å². The topological polar surface area (TPSA) is 106 Å². The van der Waals surface area contributed by atoms with Gasteiger partial charge in [-0.15, -0.1) is 0 Å². The average molecular weight is 325 g/mol. The fraction of sp³-hybridized carbons (Fsp3) is 0. The van der Waals surface area contributed by atoms with Crippen LogP contribution in [0.15, 0.2) is 0 Å². The van der Waals surface area contributed by atoms with Crippen LogP contribution in [0.2, 0.25) is 0 Å². The molecule has 0 aliphatic rings. The molecule has 0 fully saturated rings. The molecule has 0 saturated carbocycles. The molecule has 0 bridgehead atoms. The van der Waals surface area contributed by atoms with E-state index in [1.165, 1.54) is 0 Å². The summed E-state index contributed by atoms with van der Waals surface area (Å²) >= 11 is 0.194. The van der Waals surface area contributed by atoms with Gasteiger partial charge in [-0.2, -0.15) is 14.0 Å². The summed E-state index contributed by atoms with van der Waals surface area (Å²) in [6, 6.07) is 0. The Balaban J connectivity index is 0. The number of halogens is 1. The zero-order chi connectivity index (χ0) is 6.50. The van der Waals surface area contributed by atoms with Crippen molar-refractivity contribution >= 4 is 24.7 Å². The molecule has 0 rings (SSSR count). The molecule has 43 valence electrons. The standard InChI is InChI=1S/Bi.ClHO4.O/c;2-1(3,4)5;/h;(H,2,3,4,5);. The summed E-state index contributed by atoms with van der Waals surface area (Å²) in [5, 5.41) is 0. The van der Waals surface area contributed by atoms with E-state index in [0.29, 0.717) is 0 Å². The summed E-state index contributed by atoms with van der Waals surface area (Å²) in [7, 11) is -4.69. The third-order valence-electron chi connectivity index (χ3n) is 0. The fourth-order valence-corrected chi connectivity index (χ4v) is 0. The summed E-state index contributed by atoms with van der Waals surface area (Å²) in [6.07, 6.45) is 0. The zero-order valence-electron chi connectivity index (χ0n) is 2.91. The van der Waals surface area contributed by atoms with Gasteiger partial charge in [0.1, 0.15) is 0 Å². The van der Waals surface area contributed by atoms with Crippen LogP contribution in [0.3, 0.4) is 0 Å². The van der Waals surface area contributed by atoms with Gasteiger partial charge in [-0.25, -0.2) is 0 Å². The van der Waals surface area contributed by atoms with Gasteiger partial charge in [0.05, 0.1) is 14.9 Å². The van der Waals surface area contributed by atoms with Gasteiger partial charge in [0.25, 0.3) is 0 Å². The molecule has 5 nitrogen and oxygen atoms in total. The van der Waals surface area contributed by atoms with E-state index < -0.39 is 10.2 Å². The second kappa shape index (κ2) is 4.96. The third kappa shape index (κ3) is 239. The van der Waals surface area contributed by atoms with E-state index in [2.05, 4.69) is 0 Å². The second-order valence-corrected chi connectivity index (χ2v) is 1.19. The number of rotatable bonds is 0. The van der Waals surface area contributed by atoms with Gasteiger partial charge < -0.3 is 0 Å². The van der Waals surface area contributed by atoms with E-state index in [1.807, 2.05) is 0 Å². The number of hydrogen-bond donors (Lipinski definition) is 1. The SMILES string of the molecule is [O-][Cl+3]([O-])([O-])O.[O]=[Bi]. The molecule has 0 unspecified atom stereocenters. The summed E-state index contributed by atoms with van der Waals surface area (Å²) in [4.78, 5) is 0. The van der Waals surface area contributed by atoms with E-state index >= 15 is 0 Å². The van der Waals surface area contributed by atoms with Crippen LogP contribution in [0.1, 0.15) is 0 Å². The monoisotopic (exact) mass is 325 g/mol. The molecular weight excluding hydrogens is 324 g/mol. The van der Waals surface area contributed by atoms with E-state index in [0.717, 1.165) is 0 Å². The van der Waals surface area contributed by atoms with E-state index in [1.54, 1.807) is 0 Å². The molecule has 1 radical (unpaired) electrons. The first-order valence-corrected chi connectivity index (χ1v) is 3.50. The van der Waals surface area contributed by atoms with Crippen molar-refractivity contribution in [1.29, 1.82) is 0 Å². The molecule has 1 N–H and O–H groups in total. The van der Waals surface area contributed by atoms with Crippen LogP contribution in [0.25, 0.3) is 0 Å². The Morgan fingerprint density at radius 2 is 1.29 bits per heavy atom. The van der Waals surface area contributed by atoms with Crippen molar-refractivity contribution in [2.24, 2.45) is 0 Å². The van der Waals surface area contributed by atoms with Crippen LogP contribution < -0.4 is 14.0 Å². The van der Waals surface area contributed by atoms with Gasteiger partial charge in [-0.05, 0) is 0 Å². The Kier molecular flexibility index (Phi) is 7.60. The van der Waals surface area contributed by atoms with E-state index in [4.69, 9.17) is 21.4 Å². The molecule has 0 spiro atoms. The molecule has 0 saturated heterocycles. The Hall–Kier alpha value is 0.813. The van der Waals surface area contributed by atoms with Crippen LogP contribution in [-0.2, 0) is 2.81 Å². The molecule has 0 aliphatic heterocycles. The van der Waals surface area contributed by atoms with Crippen LogP contribution in [0.5, 0.6) is 0 Å².